The SMILES string of the molecule is OB(Oc1c(F)c(F)c(F)c(F)c1F)c1cccc2c(F)c(F)c(F)c(F)c12. The van der Waals surface area contributed by atoms with Crippen LogP contribution in [0, 0.1) is 52.4 Å². The summed E-state index contributed by atoms with van der Waals surface area (Å²) in [6.45, 7) is 0. The number of hydrogen-bond acceptors (Lipinski definition) is 2. The zero-order valence-electron chi connectivity index (χ0n) is 13.1. The summed E-state index contributed by atoms with van der Waals surface area (Å²) in [5.74, 6) is -22.3. The molecule has 0 aliphatic heterocycles. The molecule has 3 aromatic rings. The first-order valence-electron chi connectivity index (χ1n) is 7.18. The summed E-state index contributed by atoms with van der Waals surface area (Å²) in [5.41, 5.74) is -0.864. The summed E-state index contributed by atoms with van der Waals surface area (Å²) < 4.78 is 126. The molecule has 0 heterocycles. The van der Waals surface area contributed by atoms with Crippen LogP contribution < -0.4 is 10.1 Å². The van der Waals surface area contributed by atoms with Gasteiger partial charge in [0.1, 0.15) is 0 Å². The lowest BCUT2D eigenvalue weighted by Gasteiger charge is -2.15. The molecule has 0 amide bonds. The van der Waals surface area contributed by atoms with E-state index in [1.807, 2.05) is 0 Å². The Morgan fingerprint density at radius 1 is 0.607 bits per heavy atom. The van der Waals surface area contributed by atoms with Crippen LogP contribution >= 0.6 is 0 Å². The van der Waals surface area contributed by atoms with E-state index in [4.69, 9.17) is 0 Å². The van der Waals surface area contributed by atoms with Crippen molar-refractivity contribution in [2.75, 3.05) is 0 Å². The Morgan fingerprint density at radius 2 is 1.07 bits per heavy atom. The van der Waals surface area contributed by atoms with Crippen LogP contribution in [0.25, 0.3) is 10.8 Å². The largest absolute Gasteiger partial charge is 0.560 e. The van der Waals surface area contributed by atoms with Crippen molar-refractivity contribution >= 4 is 23.4 Å². The maximum atomic E-state index is 14.1. The van der Waals surface area contributed by atoms with Crippen LogP contribution in [0.1, 0.15) is 0 Å². The van der Waals surface area contributed by atoms with Gasteiger partial charge in [-0.15, -0.1) is 0 Å². The maximum Gasteiger partial charge on any atom is 0.560 e. The lowest BCUT2D eigenvalue weighted by molar-refractivity contribution is 0.333. The third-order valence-electron chi connectivity index (χ3n) is 3.80. The van der Waals surface area contributed by atoms with E-state index in [1.165, 1.54) is 0 Å². The molecule has 0 aromatic heterocycles. The molecule has 3 rings (SSSR count). The van der Waals surface area contributed by atoms with Crippen molar-refractivity contribution in [3.63, 3.8) is 0 Å². The van der Waals surface area contributed by atoms with Crippen LogP contribution in [-0.2, 0) is 0 Å². The van der Waals surface area contributed by atoms with Crippen LogP contribution in [-0.4, -0.2) is 12.1 Å². The molecule has 0 spiro atoms. The van der Waals surface area contributed by atoms with Gasteiger partial charge in [-0.2, -0.15) is 8.78 Å². The molecule has 1 N–H and O–H groups in total. The molecule has 0 aliphatic carbocycles. The van der Waals surface area contributed by atoms with Crippen LogP contribution in [0.5, 0.6) is 5.75 Å². The lowest BCUT2D eigenvalue weighted by Crippen LogP contribution is -2.38. The zero-order valence-corrected chi connectivity index (χ0v) is 13.1. The van der Waals surface area contributed by atoms with Gasteiger partial charge in [-0.1, -0.05) is 18.2 Å². The average Bonchev–Trinajstić information content (AvgIpc) is 2.70. The predicted molar refractivity (Wildman–Crippen MR) is 78.2 cm³/mol. The molecule has 0 bridgehead atoms. The van der Waals surface area contributed by atoms with Gasteiger partial charge < -0.3 is 9.68 Å². The highest BCUT2D eigenvalue weighted by atomic mass is 19.2. The molecule has 0 atom stereocenters. The Hall–Kier alpha value is -2.89. The molecule has 0 fully saturated rings. The number of rotatable bonds is 3. The highest BCUT2D eigenvalue weighted by Crippen LogP contribution is 2.30. The summed E-state index contributed by atoms with van der Waals surface area (Å²) >= 11 is 0. The Morgan fingerprint density at radius 3 is 1.64 bits per heavy atom. The van der Waals surface area contributed by atoms with Crippen LogP contribution in [0.15, 0.2) is 18.2 Å². The highest BCUT2D eigenvalue weighted by molar-refractivity contribution is 6.63. The fourth-order valence-corrected chi connectivity index (χ4v) is 2.49. The van der Waals surface area contributed by atoms with Gasteiger partial charge in [-0.25, -0.2) is 30.7 Å². The van der Waals surface area contributed by atoms with Gasteiger partial charge in [-0.05, 0) is 0 Å². The fourth-order valence-electron chi connectivity index (χ4n) is 2.49. The van der Waals surface area contributed by atoms with E-state index in [9.17, 15) is 44.5 Å². The second-order valence-corrected chi connectivity index (χ2v) is 5.39. The normalized spacial score (nSPS) is 11.2. The number of halogens is 9. The lowest BCUT2D eigenvalue weighted by atomic mass is 9.76. The average molecular weight is 410 g/mol. The molecule has 12 heteroatoms. The minimum atomic E-state index is -2.64. The van der Waals surface area contributed by atoms with Crippen molar-refractivity contribution in [3.8, 4) is 5.75 Å². The summed E-state index contributed by atoms with van der Waals surface area (Å²) in [6, 6.07) is 2.49. The molecular weight excluding hydrogens is 406 g/mol. The third-order valence-corrected chi connectivity index (χ3v) is 3.80. The van der Waals surface area contributed by atoms with Crippen molar-refractivity contribution in [2.45, 2.75) is 0 Å². The van der Waals surface area contributed by atoms with Crippen LogP contribution in [0.2, 0.25) is 0 Å². The molecule has 2 nitrogen and oxygen atoms in total. The van der Waals surface area contributed by atoms with E-state index in [2.05, 4.69) is 4.65 Å². The highest BCUT2D eigenvalue weighted by Gasteiger charge is 2.33. The van der Waals surface area contributed by atoms with E-state index in [0.29, 0.717) is 0 Å². The van der Waals surface area contributed by atoms with Crippen molar-refractivity contribution in [1.29, 1.82) is 0 Å². The number of fused-ring (bicyclic) bond motifs is 1. The van der Waals surface area contributed by atoms with Crippen molar-refractivity contribution in [1.82, 2.24) is 0 Å². The van der Waals surface area contributed by atoms with E-state index in [0.717, 1.165) is 18.2 Å². The van der Waals surface area contributed by atoms with E-state index < -0.39 is 81.5 Å². The summed E-state index contributed by atoms with van der Waals surface area (Å²) in [5, 5.41) is 8.02. The standard InChI is InChI=1S/C16H4BF9O2/c18-7-4-2-1-3-5(6(4)8(19)10(21)9(7)20)17(27)28-16-14(25)12(23)11(22)13(24)15(16)26/h1-3,27H. The van der Waals surface area contributed by atoms with E-state index in [1.54, 1.807) is 0 Å². The first kappa shape index (κ1) is 19.9. The second-order valence-electron chi connectivity index (χ2n) is 5.39. The van der Waals surface area contributed by atoms with Gasteiger partial charge in [0, 0.05) is 16.2 Å². The first-order chi connectivity index (χ1) is 13.1. The summed E-state index contributed by atoms with van der Waals surface area (Å²) in [6.07, 6.45) is 0. The second kappa shape index (κ2) is 6.93. The van der Waals surface area contributed by atoms with E-state index in [-0.39, 0.29) is 0 Å². The van der Waals surface area contributed by atoms with Crippen LogP contribution in [0.3, 0.4) is 0 Å². The Labute approximate surface area is 149 Å². The van der Waals surface area contributed by atoms with Crippen molar-refractivity contribution < 1.29 is 49.2 Å². The minimum Gasteiger partial charge on any atom is -0.528 e. The monoisotopic (exact) mass is 410 g/mol. The fraction of sp³-hybridized carbons (Fsp3) is 0. The topological polar surface area (TPSA) is 29.5 Å². The maximum absolute atomic E-state index is 14.1. The summed E-state index contributed by atoms with van der Waals surface area (Å²) in [7, 11) is -2.64. The van der Waals surface area contributed by atoms with Crippen LogP contribution in [0.4, 0.5) is 39.5 Å². The predicted octanol–water partition coefficient (Wildman–Crippen LogP) is 3.86. The number of hydrogen-bond donors (Lipinski definition) is 1. The molecule has 0 aliphatic rings. The van der Waals surface area contributed by atoms with Crippen molar-refractivity contribution in [3.05, 3.63) is 70.6 Å². The Kier molecular flexibility index (Phi) is 4.92. The molecular formula is C16H4BF9O2. The van der Waals surface area contributed by atoms with Gasteiger partial charge in [-0.3, -0.25) is 0 Å². The molecule has 146 valence electrons. The summed E-state index contributed by atoms with van der Waals surface area (Å²) in [4.78, 5) is 0. The smallest absolute Gasteiger partial charge is 0.528 e. The van der Waals surface area contributed by atoms with Gasteiger partial charge in [0.2, 0.25) is 29.1 Å². The quantitative estimate of drug-likeness (QED) is 0.308. The van der Waals surface area contributed by atoms with Gasteiger partial charge in [0.15, 0.2) is 29.0 Å². The molecule has 0 saturated carbocycles. The van der Waals surface area contributed by atoms with Gasteiger partial charge in [0.25, 0.3) is 0 Å². The van der Waals surface area contributed by atoms with Crippen molar-refractivity contribution in [2.24, 2.45) is 0 Å². The molecule has 3 aromatic carbocycles. The molecule has 28 heavy (non-hydrogen) atoms. The van der Waals surface area contributed by atoms with E-state index >= 15 is 0 Å². The number of benzene rings is 3. The van der Waals surface area contributed by atoms with Gasteiger partial charge >= 0.3 is 7.12 Å². The third kappa shape index (κ3) is 2.84. The first-order valence-corrected chi connectivity index (χ1v) is 7.18. The minimum absolute atomic E-state index is 0.777. The molecule has 0 unspecified atom stereocenters. The van der Waals surface area contributed by atoms with Gasteiger partial charge in [0.05, 0.1) is 0 Å². The molecule has 0 radical (unpaired) electrons. The zero-order chi connectivity index (χ0) is 20.9. The Balaban J connectivity index is 2.18. The molecule has 0 saturated heterocycles. The Bertz CT molecular complexity index is 1090.